The monoisotopic (exact) mass is 983 g/mol. The summed E-state index contributed by atoms with van der Waals surface area (Å²) in [5.41, 5.74) is 24.7. The molecule has 9 aromatic rings. The number of aryl methyl sites for hydroxylation is 1. The molecule has 0 amide bonds. The number of benzene rings is 8. The van der Waals surface area contributed by atoms with Crippen molar-refractivity contribution in [1.82, 2.24) is 0 Å². The number of anilines is 6. The molecule has 0 bridgehead atoms. The molecule has 0 N–H and O–H groups in total. The van der Waals surface area contributed by atoms with Gasteiger partial charge in [-0.25, -0.2) is 0 Å². The van der Waals surface area contributed by atoms with Gasteiger partial charge in [-0.05, 0) is 181 Å². The summed E-state index contributed by atoms with van der Waals surface area (Å²) in [7, 11) is 0. The van der Waals surface area contributed by atoms with Gasteiger partial charge in [-0.1, -0.05) is 179 Å². The summed E-state index contributed by atoms with van der Waals surface area (Å²) in [6.45, 7) is 29.1. The number of thiophene rings is 1. The average molecular weight is 983 g/mol. The third-order valence-electron chi connectivity index (χ3n) is 18.5. The van der Waals surface area contributed by atoms with Gasteiger partial charge in [0, 0.05) is 60.2 Å². The largest absolute Gasteiger partial charge is 0.311 e. The number of nitrogens with zero attached hydrogens (tertiary/aromatic N) is 2. The predicted molar refractivity (Wildman–Crippen MR) is 321 cm³/mol. The lowest BCUT2D eigenvalue weighted by Crippen LogP contribution is -2.62. The second-order valence-electron chi connectivity index (χ2n) is 26.4. The minimum Gasteiger partial charge on any atom is -0.311 e. The molecule has 370 valence electrons. The van der Waals surface area contributed by atoms with Gasteiger partial charge in [0.05, 0.1) is 0 Å². The van der Waals surface area contributed by atoms with Gasteiger partial charge >= 0.3 is 0 Å². The van der Waals surface area contributed by atoms with Crippen LogP contribution in [0, 0.1) is 6.92 Å². The Balaban J connectivity index is 1.11. The molecular formula is C70H71BN2S. The van der Waals surface area contributed by atoms with Crippen molar-refractivity contribution < 1.29 is 0 Å². The molecule has 4 aliphatic rings. The van der Waals surface area contributed by atoms with Gasteiger partial charge in [0.1, 0.15) is 0 Å². The molecule has 13 rings (SSSR count). The highest BCUT2D eigenvalue weighted by Crippen LogP contribution is 2.53. The molecule has 0 unspecified atom stereocenters. The lowest BCUT2D eigenvalue weighted by Gasteiger charge is -2.48. The zero-order valence-electron chi connectivity index (χ0n) is 45.8. The van der Waals surface area contributed by atoms with Crippen LogP contribution in [0.5, 0.6) is 0 Å². The molecule has 0 saturated heterocycles. The van der Waals surface area contributed by atoms with Crippen molar-refractivity contribution in [3.63, 3.8) is 0 Å². The molecule has 0 fully saturated rings. The van der Waals surface area contributed by atoms with E-state index in [4.69, 9.17) is 0 Å². The molecule has 4 heteroatoms. The molecule has 2 nitrogen and oxygen atoms in total. The van der Waals surface area contributed by atoms with E-state index in [2.05, 4.69) is 251 Å². The quantitative estimate of drug-likeness (QED) is 0.125. The first-order valence-corrected chi connectivity index (χ1v) is 28.3. The molecular weight excluding hydrogens is 912 g/mol. The van der Waals surface area contributed by atoms with E-state index in [1.54, 1.807) is 0 Å². The van der Waals surface area contributed by atoms with E-state index in [0.717, 1.165) is 0 Å². The first-order chi connectivity index (χ1) is 35.2. The Morgan fingerprint density at radius 1 is 0.446 bits per heavy atom. The predicted octanol–water partition coefficient (Wildman–Crippen LogP) is 17.6. The number of rotatable bonds is 5. The van der Waals surface area contributed by atoms with Crippen molar-refractivity contribution >= 4 is 88.7 Å². The van der Waals surface area contributed by atoms with Crippen molar-refractivity contribution in [2.24, 2.45) is 0 Å². The van der Waals surface area contributed by atoms with E-state index in [1.165, 1.54) is 146 Å². The summed E-state index contributed by atoms with van der Waals surface area (Å²) < 4.78 is 2.67. The zero-order chi connectivity index (χ0) is 51.4. The minimum absolute atomic E-state index is 0.0158. The van der Waals surface area contributed by atoms with Crippen LogP contribution in [-0.4, -0.2) is 6.71 Å². The zero-order valence-corrected chi connectivity index (χ0v) is 46.6. The lowest BCUT2D eigenvalue weighted by atomic mass is 9.33. The van der Waals surface area contributed by atoms with Crippen molar-refractivity contribution in [2.45, 2.75) is 142 Å². The molecule has 2 aliphatic carbocycles. The van der Waals surface area contributed by atoms with E-state index in [1.807, 2.05) is 11.3 Å². The summed E-state index contributed by atoms with van der Waals surface area (Å²) >= 11 is 1.93. The molecule has 0 spiro atoms. The average Bonchev–Trinajstić information content (AvgIpc) is 3.74. The third-order valence-corrected chi connectivity index (χ3v) is 19.6. The second-order valence-corrected chi connectivity index (χ2v) is 27.4. The van der Waals surface area contributed by atoms with E-state index in [-0.39, 0.29) is 39.7 Å². The van der Waals surface area contributed by atoms with Gasteiger partial charge in [0.15, 0.2) is 0 Å². The minimum atomic E-state index is 0.0158. The molecule has 0 atom stereocenters. The first-order valence-electron chi connectivity index (χ1n) is 27.5. The normalized spacial score (nSPS) is 17.7. The van der Waals surface area contributed by atoms with Crippen LogP contribution < -0.4 is 26.2 Å². The second kappa shape index (κ2) is 16.3. The topological polar surface area (TPSA) is 6.48 Å². The van der Waals surface area contributed by atoms with Crippen LogP contribution >= 0.6 is 11.3 Å². The highest BCUT2D eigenvalue weighted by atomic mass is 32.1. The fourth-order valence-electron chi connectivity index (χ4n) is 13.9. The van der Waals surface area contributed by atoms with Crippen LogP contribution in [0.25, 0.3) is 20.2 Å². The maximum atomic E-state index is 2.70. The van der Waals surface area contributed by atoms with Crippen molar-refractivity contribution in [1.29, 1.82) is 0 Å². The summed E-state index contributed by atoms with van der Waals surface area (Å²) in [5.74, 6) is 0.0588. The van der Waals surface area contributed by atoms with Gasteiger partial charge in [-0.3, -0.25) is 0 Å². The first kappa shape index (κ1) is 47.4. The summed E-state index contributed by atoms with van der Waals surface area (Å²) in [4.78, 5) is 5.36. The van der Waals surface area contributed by atoms with E-state index >= 15 is 0 Å². The van der Waals surface area contributed by atoms with E-state index in [9.17, 15) is 0 Å². The Bertz CT molecular complexity index is 3710. The smallest absolute Gasteiger partial charge is 0.252 e. The van der Waals surface area contributed by atoms with Crippen LogP contribution in [0.15, 0.2) is 158 Å². The van der Waals surface area contributed by atoms with Gasteiger partial charge in [-0.15, -0.1) is 11.3 Å². The Morgan fingerprint density at radius 3 is 1.54 bits per heavy atom. The number of fused-ring (bicyclic) bond motifs is 9. The molecule has 3 heterocycles. The van der Waals surface area contributed by atoms with Gasteiger partial charge < -0.3 is 9.80 Å². The summed E-state index contributed by atoms with van der Waals surface area (Å²) in [6.07, 6.45) is 4.71. The maximum absolute atomic E-state index is 2.70. The highest BCUT2D eigenvalue weighted by Gasteiger charge is 2.47. The molecule has 8 aromatic carbocycles. The fraction of sp³-hybridized carbons (Fsp3) is 0.314. The molecule has 2 aliphatic heterocycles. The number of hydrogen-bond acceptors (Lipinski definition) is 3. The Hall–Kier alpha value is -6.36. The van der Waals surface area contributed by atoms with Crippen molar-refractivity contribution in [2.75, 3.05) is 9.80 Å². The molecule has 0 radical (unpaired) electrons. The van der Waals surface area contributed by atoms with Crippen LogP contribution in [0.4, 0.5) is 34.1 Å². The molecule has 74 heavy (non-hydrogen) atoms. The lowest BCUT2D eigenvalue weighted by molar-refractivity contribution is 0.332. The fourth-order valence-corrected chi connectivity index (χ4v) is 15.1. The maximum Gasteiger partial charge on any atom is 0.252 e. The standard InChI is InChI=1S/C70H71BN2S/c1-43-35-60-65-61(36-43)73(49-25-28-51-50-27-24-47(66(2,3)4)38-62(50)74-63(51)40-49)58-37-46(64(44-19-15-13-16-20-44)45-21-17-14-18-22-45)23-30-56(58)71(65)57-41-54-55(70(11,12)34-33-69(54,9)10)42-59(57)72(60)48-26-29-52-53(39-48)68(7,8)32-31-67(52,5)6/h13-30,35-42,64H,31-34H2,1-12H3. The van der Waals surface area contributed by atoms with Crippen LogP contribution in [0.1, 0.15) is 158 Å². The highest BCUT2D eigenvalue weighted by molar-refractivity contribution is 7.25. The molecule has 1 aromatic heterocycles. The van der Waals surface area contributed by atoms with E-state index in [0.29, 0.717) is 0 Å². The SMILES string of the molecule is Cc1cc2c3c(c1)N(c1ccc4c(c1)C(C)(C)CCC4(C)C)c1cc4c(cc1B3c1ccc(C(c3ccccc3)c3ccccc3)cc1N2c1ccc2c(c1)sc1cc(C(C)(C)C)ccc12)C(C)(C)CCC4(C)C. The summed E-state index contributed by atoms with van der Waals surface area (Å²) in [6, 6.07) is 62.2. The number of hydrogen-bond donors (Lipinski definition) is 0. The van der Waals surface area contributed by atoms with Crippen LogP contribution in [0.3, 0.4) is 0 Å². The van der Waals surface area contributed by atoms with Crippen LogP contribution in [0.2, 0.25) is 0 Å². The third kappa shape index (κ3) is 7.32. The van der Waals surface area contributed by atoms with Gasteiger partial charge in [0.25, 0.3) is 6.71 Å². The van der Waals surface area contributed by atoms with Gasteiger partial charge in [-0.2, -0.15) is 0 Å². The Kier molecular flexibility index (Phi) is 10.4. The Labute approximate surface area is 445 Å². The van der Waals surface area contributed by atoms with Crippen LogP contribution in [-0.2, 0) is 27.1 Å². The van der Waals surface area contributed by atoms with Crippen molar-refractivity contribution in [3.05, 3.63) is 208 Å². The van der Waals surface area contributed by atoms with E-state index < -0.39 is 0 Å². The van der Waals surface area contributed by atoms with Crippen molar-refractivity contribution in [3.8, 4) is 0 Å². The summed E-state index contributed by atoms with van der Waals surface area (Å²) in [5, 5.41) is 2.66. The van der Waals surface area contributed by atoms with Gasteiger partial charge in [0.2, 0.25) is 0 Å². The molecule has 0 saturated carbocycles. The Morgan fingerprint density at radius 2 is 0.946 bits per heavy atom.